The molecule has 52 heavy (non-hydrogen) atoms. The highest BCUT2D eigenvalue weighted by Crippen LogP contribution is 2.36. The zero-order valence-electron chi connectivity index (χ0n) is 26.6. The van der Waals surface area contributed by atoms with Crippen molar-refractivity contribution < 1.29 is 60.2 Å². The van der Waals surface area contributed by atoms with Crippen molar-refractivity contribution in [2.45, 2.75) is 63.2 Å². The van der Waals surface area contributed by atoms with Gasteiger partial charge in [-0.15, -0.1) is 5.10 Å². The van der Waals surface area contributed by atoms with Crippen molar-refractivity contribution in [2.24, 2.45) is 5.92 Å². The number of aliphatic carboxylic acids is 1. The van der Waals surface area contributed by atoms with Gasteiger partial charge in [0.25, 0.3) is 11.8 Å². The Labute approximate surface area is 294 Å². The molecule has 0 spiro atoms. The van der Waals surface area contributed by atoms with Gasteiger partial charge in [-0.1, -0.05) is 29.8 Å². The van der Waals surface area contributed by atoms with E-state index in [1.54, 1.807) is 16.8 Å². The van der Waals surface area contributed by atoms with Crippen molar-refractivity contribution in [1.82, 2.24) is 35.7 Å². The van der Waals surface area contributed by atoms with E-state index < -0.39 is 59.6 Å². The number of ether oxygens (including phenoxy) is 1. The number of carboxylic acids is 1. The van der Waals surface area contributed by atoms with E-state index in [0.29, 0.717) is 36.7 Å². The molecule has 14 nitrogen and oxygen atoms in total. The Hall–Kier alpha value is -4.95. The zero-order chi connectivity index (χ0) is 38.0. The van der Waals surface area contributed by atoms with Gasteiger partial charge in [-0.3, -0.25) is 34.7 Å². The number of alkyl halides is 6. The summed E-state index contributed by atoms with van der Waals surface area (Å²) < 4.78 is 78.5. The lowest BCUT2D eigenvalue weighted by Crippen LogP contribution is -2.54. The number of carbonyl (C=O) groups excluding carboxylic acids is 4. The van der Waals surface area contributed by atoms with Gasteiger partial charge < -0.3 is 9.84 Å². The van der Waals surface area contributed by atoms with Crippen LogP contribution in [0.15, 0.2) is 36.4 Å². The first-order valence-corrected chi connectivity index (χ1v) is 15.9. The number of tetrazole rings is 1. The van der Waals surface area contributed by atoms with E-state index in [1.165, 1.54) is 12.1 Å². The Bertz CT molecular complexity index is 1880. The smallest absolute Gasteiger partial charge is 0.475 e. The molecule has 6 rings (SSSR count). The average Bonchev–Trinajstić information content (AvgIpc) is 3.63. The summed E-state index contributed by atoms with van der Waals surface area (Å²) in [6.07, 6.45) is -8.13. The molecule has 0 bridgehead atoms. The summed E-state index contributed by atoms with van der Waals surface area (Å²) in [4.78, 5) is 61.5. The van der Waals surface area contributed by atoms with E-state index in [-0.39, 0.29) is 41.5 Å². The summed E-state index contributed by atoms with van der Waals surface area (Å²) in [6, 6.07) is 5.60. The second kappa shape index (κ2) is 15.3. The second-order valence-electron chi connectivity index (χ2n) is 11.9. The second-order valence-corrected chi connectivity index (χ2v) is 12.3. The van der Waals surface area contributed by atoms with Gasteiger partial charge >= 0.3 is 18.3 Å². The molecule has 0 radical (unpaired) electrons. The number of amides is 4. The third-order valence-corrected chi connectivity index (χ3v) is 8.87. The fourth-order valence-electron chi connectivity index (χ4n) is 5.92. The van der Waals surface area contributed by atoms with Crippen LogP contribution >= 0.6 is 11.6 Å². The standard InChI is InChI=1S/C29H27ClF3N7O5.C2HF3O2/c30-20-12-17(29(31,32)33)5-4-16(20)13-34-24(25-36-37-38-39(25)14-15-8-10-45-11-9-15)18-2-1-3-19-23(18)28(44)40(27(19)43)21-6-7-22(41)35-26(21)42;3-2(4,5)1(6)7/h1-5,12,15,21,24,34H,6-11,13-14H2,(H,35,41,42);(H,6,7). The number of imide groups is 2. The molecule has 278 valence electrons. The number of nitrogens with one attached hydrogen (secondary N) is 2. The number of rotatable bonds is 8. The summed E-state index contributed by atoms with van der Waals surface area (Å²) in [6.45, 7) is 1.58. The Morgan fingerprint density at radius 1 is 1.04 bits per heavy atom. The van der Waals surface area contributed by atoms with Crippen LogP contribution < -0.4 is 10.6 Å². The topological polar surface area (TPSA) is 186 Å². The molecule has 3 aromatic rings. The molecule has 2 unspecified atom stereocenters. The maximum Gasteiger partial charge on any atom is 0.490 e. The lowest BCUT2D eigenvalue weighted by Gasteiger charge is -2.28. The predicted molar refractivity (Wildman–Crippen MR) is 163 cm³/mol. The molecule has 4 heterocycles. The van der Waals surface area contributed by atoms with Gasteiger partial charge in [-0.2, -0.15) is 26.3 Å². The maximum atomic E-state index is 13.9. The van der Waals surface area contributed by atoms with Gasteiger partial charge in [0, 0.05) is 37.7 Å². The molecule has 2 atom stereocenters. The predicted octanol–water partition coefficient (Wildman–Crippen LogP) is 3.69. The van der Waals surface area contributed by atoms with E-state index in [1.807, 2.05) is 0 Å². The van der Waals surface area contributed by atoms with Crippen LogP contribution in [0.5, 0.6) is 0 Å². The molecule has 4 amide bonds. The number of aromatic nitrogens is 4. The summed E-state index contributed by atoms with van der Waals surface area (Å²) in [7, 11) is 0. The molecule has 3 aliphatic rings. The zero-order valence-corrected chi connectivity index (χ0v) is 27.4. The number of benzene rings is 2. The van der Waals surface area contributed by atoms with Gasteiger partial charge in [0.2, 0.25) is 11.8 Å². The normalized spacial score (nSPS) is 18.8. The highest BCUT2D eigenvalue weighted by Gasteiger charge is 2.46. The third-order valence-electron chi connectivity index (χ3n) is 8.52. The van der Waals surface area contributed by atoms with Crippen molar-refractivity contribution in [1.29, 1.82) is 0 Å². The highest BCUT2D eigenvalue weighted by atomic mass is 35.5. The highest BCUT2D eigenvalue weighted by molar-refractivity contribution is 6.31. The Balaban J connectivity index is 0.000000679. The number of carboxylic acid groups (broad SMARTS) is 1. The summed E-state index contributed by atoms with van der Waals surface area (Å²) >= 11 is 6.25. The van der Waals surface area contributed by atoms with Crippen LogP contribution in [-0.4, -0.2) is 85.2 Å². The molecule has 0 saturated carbocycles. The molecule has 2 aromatic carbocycles. The van der Waals surface area contributed by atoms with Gasteiger partial charge in [0.1, 0.15) is 6.04 Å². The van der Waals surface area contributed by atoms with Gasteiger partial charge in [-0.05, 0) is 64.9 Å². The minimum absolute atomic E-state index is 0.0110. The molecule has 0 aliphatic carbocycles. The van der Waals surface area contributed by atoms with Gasteiger partial charge in [0.05, 0.1) is 22.7 Å². The molecular formula is C31H28ClF6N7O7. The van der Waals surface area contributed by atoms with E-state index in [0.717, 1.165) is 29.9 Å². The molecule has 21 heteroatoms. The molecule has 2 fully saturated rings. The SMILES string of the molecule is O=C(O)C(F)(F)F.O=C1CCC(N2C(=O)c3cccc(C(NCc4ccc(C(F)(F)F)cc4Cl)c4nnnn4CC4CCOCC4)c3C2=O)C(=O)N1. The van der Waals surface area contributed by atoms with Crippen molar-refractivity contribution >= 4 is 41.2 Å². The largest absolute Gasteiger partial charge is 0.490 e. The number of piperidine rings is 1. The van der Waals surface area contributed by atoms with Gasteiger partial charge in [-0.25, -0.2) is 9.48 Å². The first-order chi connectivity index (χ1) is 24.5. The summed E-state index contributed by atoms with van der Waals surface area (Å²) in [5.74, 6) is -4.88. The minimum Gasteiger partial charge on any atom is -0.475 e. The van der Waals surface area contributed by atoms with Crippen LogP contribution in [0.2, 0.25) is 5.02 Å². The van der Waals surface area contributed by atoms with Crippen LogP contribution in [0.3, 0.4) is 0 Å². The van der Waals surface area contributed by atoms with E-state index >= 15 is 0 Å². The van der Waals surface area contributed by atoms with Crippen molar-refractivity contribution in [3.05, 3.63) is 75.1 Å². The van der Waals surface area contributed by atoms with Gasteiger partial charge in [0.15, 0.2) is 5.82 Å². The number of hydrogen-bond acceptors (Lipinski definition) is 10. The lowest BCUT2D eigenvalue weighted by atomic mass is 9.95. The van der Waals surface area contributed by atoms with Crippen LogP contribution in [0.25, 0.3) is 0 Å². The van der Waals surface area contributed by atoms with Crippen LogP contribution in [0.1, 0.15) is 75.0 Å². The van der Waals surface area contributed by atoms with E-state index in [9.17, 15) is 45.5 Å². The molecule has 3 N–H and O–H groups in total. The maximum absolute atomic E-state index is 13.9. The van der Waals surface area contributed by atoms with E-state index in [4.69, 9.17) is 26.2 Å². The van der Waals surface area contributed by atoms with E-state index in [2.05, 4.69) is 26.2 Å². The quantitative estimate of drug-likeness (QED) is 0.225. The summed E-state index contributed by atoms with van der Waals surface area (Å²) in [5, 5.41) is 24.7. The van der Waals surface area contributed by atoms with Crippen molar-refractivity contribution in [3.8, 4) is 0 Å². The molecule has 3 aliphatic heterocycles. The van der Waals surface area contributed by atoms with Crippen LogP contribution in [-0.2, 0) is 38.4 Å². The van der Waals surface area contributed by atoms with Crippen molar-refractivity contribution in [2.75, 3.05) is 13.2 Å². The Kier molecular flexibility index (Phi) is 11.3. The van der Waals surface area contributed by atoms with Crippen LogP contribution in [0, 0.1) is 5.92 Å². The molecular weight excluding hydrogens is 732 g/mol. The number of nitrogens with zero attached hydrogens (tertiary/aromatic N) is 5. The minimum atomic E-state index is -5.08. The average molecular weight is 760 g/mol. The number of hydrogen-bond donors (Lipinski definition) is 3. The number of halogens is 7. The Morgan fingerprint density at radius 2 is 1.73 bits per heavy atom. The van der Waals surface area contributed by atoms with Crippen molar-refractivity contribution in [3.63, 3.8) is 0 Å². The lowest BCUT2D eigenvalue weighted by molar-refractivity contribution is -0.192. The number of fused-ring (bicyclic) bond motifs is 1. The Morgan fingerprint density at radius 3 is 2.35 bits per heavy atom. The third kappa shape index (κ3) is 8.39. The summed E-state index contributed by atoms with van der Waals surface area (Å²) in [5.41, 5.74) is -0.134. The first kappa shape index (κ1) is 38.3. The number of carbonyl (C=O) groups is 5. The fourth-order valence-corrected chi connectivity index (χ4v) is 6.17. The molecule has 1 aromatic heterocycles. The molecule has 2 saturated heterocycles. The van der Waals surface area contributed by atoms with Crippen LogP contribution in [0.4, 0.5) is 26.3 Å². The first-order valence-electron chi connectivity index (χ1n) is 15.5. The monoisotopic (exact) mass is 759 g/mol. The fraction of sp³-hybridized carbons (Fsp3) is 0.419.